The first kappa shape index (κ1) is 12.3. The zero-order chi connectivity index (χ0) is 13.1. The number of aromatic hydroxyl groups is 1. The molecule has 0 spiro atoms. The summed E-state index contributed by atoms with van der Waals surface area (Å²) in [6.45, 7) is 2.13. The molecule has 4 saturated carbocycles. The van der Waals surface area contributed by atoms with Crippen LogP contribution in [-0.4, -0.2) is 5.11 Å². The van der Waals surface area contributed by atoms with Crippen LogP contribution in [0.4, 0.5) is 0 Å². The third-order valence-electron chi connectivity index (χ3n) is 5.82. The molecule has 0 atom stereocenters. The highest BCUT2D eigenvalue weighted by Gasteiger charge is 2.49. The minimum absolute atomic E-state index is 0.503. The molecule has 0 saturated heterocycles. The van der Waals surface area contributed by atoms with E-state index < -0.39 is 0 Å². The van der Waals surface area contributed by atoms with Gasteiger partial charge < -0.3 is 5.11 Å². The predicted molar refractivity (Wildman–Crippen MR) is 80.3 cm³/mol. The zero-order valence-corrected chi connectivity index (χ0v) is 13.0. The zero-order valence-electron chi connectivity index (χ0n) is 11.4. The topological polar surface area (TPSA) is 20.2 Å². The van der Waals surface area contributed by atoms with Crippen molar-refractivity contribution in [1.82, 2.24) is 0 Å². The van der Waals surface area contributed by atoms with Gasteiger partial charge in [-0.2, -0.15) is 0 Å². The lowest BCUT2D eigenvalue weighted by atomic mass is 9.50. The lowest BCUT2D eigenvalue weighted by molar-refractivity contribution is -0.00351. The van der Waals surface area contributed by atoms with E-state index in [-0.39, 0.29) is 0 Å². The Labute approximate surface area is 123 Å². The number of halogens is 1. The molecule has 0 aliphatic heterocycles. The molecule has 1 nitrogen and oxygen atoms in total. The third-order valence-corrected chi connectivity index (χ3v) is 6.43. The van der Waals surface area contributed by atoms with Gasteiger partial charge in [-0.25, -0.2) is 0 Å². The second kappa shape index (κ2) is 4.25. The quantitative estimate of drug-likeness (QED) is 0.771. The smallest absolute Gasteiger partial charge is 0.133 e. The van der Waals surface area contributed by atoms with Crippen LogP contribution in [0.15, 0.2) is 16.6 Å². The summed E-state index contributed by atoms with van der Waals surface area (Å²) in [4.78, 5) is 0. The molecule has 1 N–H and O–H groups in total. The third kappa shape index (κ3) is 1.86. The maximum atomic E-state index is 10.5. The SMILES string of the molecule is Cc1cc(Br)c(O)c(C2C3CC4CC(C3)CC2C4)c1. The van der Waals surface area contributed by atoms with Crippen molar-refractivity contribution in [3.05, 3.63) is 27.7 Å². The van der Waals surface area contributed by atoms with E-state index in [0.717, 1.165) is 28.1 Å². The van der Waals surface area contributed by atoms with Crippen LogP contribution in [0.1, 0.15) is 49.1 Å². The average Bonchev–Trinajstić information content (AvgIpc) is 2.33. The fraction of sp³-hybridized carbons (Fsp3) is 0.647. The lowest BCUT2D eigenvalue weighted by Gasteiger charge is -2.54. The molecule has 4 aliphatic carbocycles. The fourth-order valence-corrected chi connectivity index (χ4v) is 6.04. The molecule has 1 aromatic carbocycles. The van der Waals surface area contributed by atoms with Crippen molar-refractivity contribution in [3.8, 4) is 5.75 Å². The summed E-state index contributed by atoms with van der Waals surface area (Å²) in [5.41, 5.74) is 2.48. The van der Waals surface area contributed by atoms with E-state index in [4.69, 9.17) is 0 Å². The molecular formula is C17H21BrO. The highest BCUT2D eigenvalue weighted by atomic mass is 79.9. The summed E-state index contributed by atoms with van der Waals surface area (Å²) >= 11 is 3.51. The van der Waals surface area contributed by atoms with Crippen molar-refractivity contribution in [2.24, 2.45) is 23.7 Å². The summed E-state index contributed by atoms with van der Waals surface area (Å²) < 4.78 is 0.872. The fourth-order valence-electron chi connectivity index (χ4n) is 5.45. The van der Waals surface area contributed by atoms with Gasteiger partial charge in [0.25, 0.3) is 0 Å². The normalized spacial score (nSPS) is 39.8. The van der Waals surface area contributed by atoms with Gasteiger partial charge in [0.05, 0.1) is 4.47 Å². The van der Waals surface area contributed by atoms with Crippen molar-refractivity contribution in [3.63, 3.8) is 0 Å². The standard InChI is InChI=1S/C17H21BrO/c1-9-2-14(17(19)15(18)3-9)16-12-5-10-4-11(7-12)8-13(16)6-10/h2-3,10-13,16,19H,4-8H2,1H3. The van der Waals surface area contributed by atoms with Crippen molar-refractivity contribution in [2.45, 2.75) is 44.9 Å². The Morgan fingerprint density at radius 1 is 1.00 bits per heavy atom. The van der Waals surface area contributed by atoms with E-state index >= 15 is 0 Å². The molecule has 0 unspecified atom stereocenters. The van der Waals surface area contributed by atoms with Gasteiger partial charge >= 0.3 is 0 Å². The van der Waals surface area contributed by atoms with Crippen LogP contribution in [0.5, 0.6) is 5.75 Å². The van der Waals surface area contributed by atoms with E-state index in [1.54, 1.807) is 0 Å². The van der Waals surface area contributed by atoms with E-state index in [0.29, 0.717) is 11.7 Å². The van der Waals surface area contributed by atoms with Crippen molar-refractivity contribution < 1.29 is 5.11 Å². The monoisotopic (exact) mass is 320 g/mol. The van der Waals surface area contributed by atoms with Gasteiger partial charge in [0.15, 0.2) is 0 Å². The summed E-state index contributed by atoms with van der Waals surface area (Å²) in [6, 6.07) is 4.25. The molecule has 0 heterocycles. The Kier molecular flexibility index (Phi) is 2.74. The Balaban J connectivity index is 1.77. The molecule has 0 amide bonds. The van der Waals surface area contributed by atoms with E-state index in [9.17, 15) is 5.11 Å². The first-order valence-corrected chi connectivity index (χ1v) is 8.40. The van der Waals surface area contributed by atoms with Gasteiger partial charge in [-0.1, -0.05) is 6.07 Å². The van der Waals surface area contributed by atoms with Gasteiger partial charge in [0, 0.05) is 0 Å². The molecule has 1 aromatic rings. The summed E-state index contributed by atoms with van der Waals surface area (Å²) in [5.74, 6) is 4.77. The Bertz CT molecular complexity index is 494. The van der Waals surface area contributed by atoms with E-state index in [2.05, 4.69) is 28.9 Å². The molecule has 4 fully saturated rings. The average molecular weight is 321 g/mol. The molecule has 2 heteroatoms. The maximum Gasteiger partial charge on any atom is 0.133 e. The number of benzene rings is 1. The first-order chi connectivity index (χ1) is 9.11. The largest absolute Gasteiger partial charge is 0.506 e. The first-order valence-electron chi connectivity index (χ1n) is 7.61. The van der Waals surface area contributed by atoms with Crippen LogP contribution in [0, 0.1) is 30.6 Å². The number of hydrogen-bond acceptors (Lipinski definition) is 1. The van der Waals surface area contributed by atoms with Gasteiger partial charge in [-0.3, -0.25) is 0 Å². The van der Waals surface area contributed by atoms with Crippen LogP contribution >= 0.6 is 15.9 Å². The number of aryl methyl sites for hydroxylation is 1. The second-order valence-electron chi connectivity index (χ2n) is 7.14. The maximum absolute atomic E-state index is 10.5. The number of phenols is 1. The molecule has 4 aliphatic rings. The number of rotatable bonds is 1. The van der Waals surface area contributed by atoms with Gasteiger partial charge in [0.2, 0.25) is 0 Å². The minimum atomic E-state index is 0.503. The van der Waals surface area contributed by atoms with E-state index in [1.165, 1.54) is 43.2 Å². The minimum Gasteiger partial charge on any atom is -0.506 e. The van der Waals surface area contributed by atoms with Gasteiger partial charge in [0.1, 0.15) is 5.75 Å². The van der Waals surface area contributed by atoms with Crippen molar-refractivity contribution >= 4 is 15.9 Å². The molecule has 19 heavy (non-hydrogen) atoms. The predicted octanol–water partition coefficient (Wildman–Crippen LogP) is 5.00. The number of hydrogen-bond donors (Lipinski definition) is 1. The number of phenolic OH excluding ortho intramolecular Hbond substituents is 1. The summed E-state index contributed by atoms with van der Waals surface area (Å²) in [6.07, 6.45) is 7.11. The summed E-state index contributed by atoms with van der Waals surface area (Å²) in [7, 11) is 0. The molecule has 0 aromatic heterocycles. The van der Waals surface area contributed by atoms with Crippen molar-refractivity contribution in [2.75, 3.05) is 0 Å². The Hall–Kier alpha value is -0.500. The van der Waals surface area contributed by atoms with Crippen LogP contribution in [0.3, 0.4) is 0 Å². The highest BCUT2D eigenvalue weighted by Crippen LogP contribution is 2.61. The highest BCUT2D eigenvalue weighted by molar-refractivity contribution is 9.10. The van der Waals surface area contributed by atoms with E-state index in [1.807, 2.05) is 6.07 Å². The second-order valence-corrected chi connectivity index (χ2v) is 8.00. The molecule has 5 rings (SSSR count). The van der Waals surface area contributed by atoms with Gasteiger partial charge in [-0.15, -0.1) is 0 Å². The molecule has 102 valence electrons. The van der Waals surface area contributed by atoms with Crippen LogP contribution in [0.2, 0.25) is 0 Å². The molecule has 0 radical (unpaired) electrons. The molecule has 4 bridgehead atoms. The summed E-state index contributed by atoms with van der Waals surface area (Å²) in [5, 5.41) is 10.5. The van der Waals surface area contributed by atoms with Crippen LogP contribution in [0.25, 0.3) is 0 Å². The Morgan fingerprint density at radius 3 is 2.16 bits per heavy atom. The lowest BCUT2D eigenvalue weighted by Crippen LogP contribution is -2.43. The molecular weight excluding hydrogens is 300 g/mol. The van der Waals surface area contributed by atoms with Gasteiger partial charge in [-0.05, 0) is 102 Å². The van der Waals surface area contributed by atoms with Crippen LogP contribution < -0.4 is 0 Å². The Morgan fingerprint density at radius 2 is 1.58 bits per heavy atom. The van der Waals surface area contributed by atoms with Crippen LogP contribution in [-0.2, 0) is 0 Å². The van der Waals surface area contributed by atoms with Crippen molar-refractivity contribution in [1.29, 1.82) is 0 Å².